The Labute approximate surface area is 110 Å². The van der Waals surface area contributed by atoms with E-state index >= 15 is 0 Å². The van der Waals surface area contributed by atoms with E-state index in [0.717, 1.165) is 10.0 Å². The summed E-state index contributed by atoms with van der Waals surface area (Å²) in [6, 6.07) is 7.65. The van der Waals surface area contributed by atoms with E-state index < -0.39 is 0 Å². The van der Waals surface area contributed by atoms with Crippen LogP contribution in [0.1, 0.15) is 5.56 Å². The van der Waals surface area contributed by atoms with Gasteiger partial charge in [-0.15, -0.1) is 6.58 Å². The van der Waals surface area contributed by atoms with Crippen LogP contribution >= 0.6 is 15.9 Å². The molecule has 92 valence electrons. The van der Waals surface area contributed by atoms with Crippen molar-refractivity contribution in [3.05, 3.63) is 47.0 Å². The summed E-state index contributed by atoms with van der Waals surface area (Å²) >= 11 is 3.37. The first-order valence-corrected chi connectivity index (χ1v) is 6.20. The number of carbonyl (C=O) groups is 1. The molecule has 0 aromatic heterocycles. The van der Waals surface area contributed by atoms with Crippen molar-refractivity contribution in [2.75, 3.05) is 19.7 Å². The summed E-state index contributed by atoms with van der Waals surface area (Å²) < 4.78 is 0.959. The van der Waals surface area contributed by atoms with Gasteiger partial charge in [0.25, 0.3) is 0 Å². The summed E-state index contributed by atoms with van der Waals surface area (Å²) in [5.74, 6) is -0.00273. The fourth-order valence-electron chi connectivity index (χ4n) is 1.53. The van der Waals surface area contributed by atoms with Crippen LogP contribution in [0.4, 0.5) is 0 Å². The van der Waals surface area contributed by atoms with Crippen molar-refractivity contribution in [3.63, 3.8) is 0 Å². The molecule has 0 bridgehead atoms. The molecule has 1 N–H and O–H groups in total. The van der Waals surface area contributed by atoms with Crippen molar-refractivity contribution in [2.45, 2.75) is 6.42 Å². The number of hydrogen-bond donors (Lipinski definition) is 1. The van der Waals surface area contributed by atoms with Gasteiger partial charge in [-0.1, -0.05) is 34.1 Å². The summed E-state index contributed by atoms with van der Waals surface area (Å²) in [4.78, 5) is 13.5. The molecule has 0 radical (unpaired) electrons. The SMILES string of the molecule is C=CCN(CCO)C(=O)Cc1cccc(Br)c1. The average molecular weight is 298 g/mol. The van der Waals surface area contributed by atoms with Crippen molar-refractivity contribution in [1.29, 1.82) is 0 Å². The zero-order valence-electron chi connectivity index (χ0n) is 9.60. The Bertz CT molecular complexity index is 393. The summed E-state index contributed by atoms with van der Waals surface area (Å²) in [7, 11) is 0. The molecule has 3 nitrogen and oxygen atoms in total. The van der Waals surface area contributed by atoms with Gasteiger partial charge >= 0.3 is 0 Å². The second kappa shape index (κ2) is 7.25. The highest BCUT2D eigenvalue weighted by Gasteiger charge is 2.12. The number of amides is 1. The number of rotatable bonds is 6. The van der Waals surface area contributed by atoms with Gasteiger partial charge in [0.1, 0.15) is 0 Å². The third kappa shape index (κ3) is 4.71. The summed E-state index contributed by atoms with van der Waals surface area (Å²) in [6.45, 7) is 4.39. The van der Waals surface area contributed by atoms with E-state index in [1.165, 1.54) is 0 Å². The molecule has 0 atom stereocenters. The van der Waals surface area contributed by atoms with E-state index in [1.807, 2.05) is 24.3 Å². The fourth-order valence-corrected chi connectivity index (χ4v) is 1.97. The molecule has 1 aromatic carbocycles. The van der Waals surface area contributed by atoms with Gasteiger partial charge in [-0.3, -0.25) is 4.79 Å². The maximum absolute atomic E-state index is 12.0. The lowest BCUT2D eigenvalue weighted by Crippen LogP contribution is -2.34. The van der Waals surface area contributed by atoms with Crippen LogP contribution in [0.5, 0.6) is 0 Å². The summed E-state index contributed by atoms with van der Waals surface area (Å²) in [5, 5.41) is 8.89. The van der Waals surface area contributed by atoms with E-state index in [4.69, 9.17) is 5.11 Å². The van der Waals surface area contributed by atoms with Gasteiger partial charge < -0.3 is 10.0 Å². The molecule has 0 heterocycles. The second-order valence-corrected chi connectivity index (χ2v) is 4.57. The van der Waals surface area contributed by atoms with Crippen molar-refractivity contribution in [1.82, 2.24) is 4.90 Å². The first-order chi connectivity index (χ1) is 8.17. The minimum atomic E-state index is -0.0297. The van der Waals surface area contributed by atoms with Gasteiger partial charge in [-0.05, 0) is 17.7 Å². The zero-order valence-corrected chi connectivity index (χ0v) is 11.2. The van der Waals surface area contributed by atoms with Gasteiger partial charge in [0.05, 0.1) is 13.0 Å². The third-order valence-electron chi connectivity index (χ3n) is 2.32. The number of nitrogens with zero attached hydrogens (tertiary/aromatic N) is 1. The van der Waals surface area contributed by atoms with E-state index in [-0.39, 0.29) is 12.5 Å². The van der Waals surface area contributed by atoms with Gasteiger partial charge in [-0.2, -0.15) is 0 Å². The van der Waals surface area contributed by atoms with Crippen molar-refractivity contribution in [2.24, 2.45) is 0 Å². The molecule has 1 amide bonds. The predicted molar refractivity (Wildman–Crippen MR) is 71.7 cm³/mol. The van der Waals surface area contributed by atoms with Crippen LogP contribution in [0.15, 0.2) is 41.4 Å². The molecule has 0 fully saturated rings. The Kier molecular flexibility index (Phi) is 5.94. The quantitative estimate of drug-likeness (QED) is 0.816. The standard InChI is InChI=1S/C13H16BrNO2/c1-2-6-15(7-8-16)13(17)10-11-4-3-5-12(14)9-11/h2-5,9,16H,1,6-8,10H2. The molecular weight excluding hydrogens is 282 g/mol. The van der Waals surface area contributed by atoms with Crippen LogP contribution in [0.25, 0.3) is 0 Å². The molecule has 0 aliphatic heterocycles. The van der Waals surface area contributed by atoms with Crippen molar-refractivity contribution in [3.8, 4) is 0 Å². The number of hydrogen-bond acceptors (Lipinski definition) is 2. The molecule has 17 heavy (non-hydrogen) atoms. The number of halogens is 1. The Hall–Kier alpha value is -1.13. The largest absolute Gasteiger partial charge is 0.395 e. The number of benzene rings is 1. The van der Waals surface area contributed by atoms with Crippen LogP contribution < -0.4 is 0 Å². The minimum absolute atomic E-state index is 0.00273. The molecule has 4 heteroatoms. The molecule has 0 spiro atoms. The zero-order chi connectivity index (χ0) is 12.7. The maximum Gasteiger partial charge on any atom is 0.227 e. The van der Waals surface area contributed by atoms with E-state index in [2.05, 4.69) is 22.5 Å². The summed E-state index contributed by atoms with van der Waals surface area (Å²) in [6.07, 6.45) is 2.00. The van der Waals surface area contributed by atoms with Gasteiger partial charge in [0.2, 0.25) is 5.91 Å². The molecule has 1 rings (SSSR count). The van der Waals surface area contributed by atoms with E-state index in [9.17, 15) is 4.79 Å². The van der Waals surface area contributed by atoms with Crippen molar-refractivity contribution >= 4 is 21.8 Å². The van der Waals surface area contributed by atoms with E-state index in [1.54, 1.807) is 11.0 Å². The van der Waals surface area contributed by atoms with Crippen molar-refractivity contribution < 1.29 is 9.90 Å². The lowest BCUT2D eigenvalue weighted by atomic mass is 10.1. The molecular formula is C13H16BrNO2. The third-order valence-corrected chi connectivity index (χ3v) is 2.81. The lowest BCUT2D eigenvalue weighted by Gasteiger charge is -2.19. The van der Waals surface area contributed by atoms with Gasteiger partial charge in [0, 0.05) is 17.6 Å². The van der Waals surface area contributed by atoms with Crippen LogP contribution in [-0.4, -0.2) is 35.6 Å². The predicted octanol–water partition coefficient (Wildman–Crippen LogP) is 2.00. The minimum Gasteiger partial charge on any atom is -0.395 e. The molecule has 0 aliphatic carbocycles. The average Bonchev–Trinajstić information content (AvgIpc) is 2.28. The molecule has 1 aromatic rings. The Balaban J connectivity index is 2.65. The molecule has 0 aliphatic rings. The van der Waals surface area contributed by atoms with Crippen LogP contribution in [0.3, 0.4) is 0 Å². The molecule has 0 saturated carbocycles. The number of aliphatic hydroxyl groups is 1. The highest BCUT2D eigenvalue weighted by molar-refractivity contribution is 9.10. The smallest absolute Gasteiger partial charge is 0.227 e. The number of carbonyl (C=O) groups excluding carboxylic acids is 1. The Morgan fingerprint density at radius 2 is 2.29 bits per heavy atom. The maximum atomic E-state index is 12.0. The second-order valence-electron chi connectivity index (χ2n) is 3.66. The Morgan fingerprint density at radius 1 is 1.53 bits per heavy atom. The lowest BCUT2D eigenvalue weighted by molar-refractivity contribution is -0.130. The molecule has 0 unspecified atom stereocenters. The number of aliphatic hydroxyl groups excluding tert-OH is 1. The van der Waals surface area contributed by atoms with Crippen LogP contribution in [0, 0.1) is 0 Å². The topological polar surface area (TPSA) is 40.5 Å². The van der Waals surface area contributed by atoms with Gasteiger partial charge in [0.15, 0.2) is 0 Å². The first kappa shape index (κ1) is 13.9. The highest BCUT2D eigenvalue weighted by Crippen LogP contribution is 2.12. The molecule has 0 saturated heterocycles. The van der Waals surface area contributed by atoms with Crippen LogP contribution in [-0.2, 0) is 11.2 Å². The fraction of sp³-hybridized carbons (Fsp3) is 0.308. The normalized spacial score (nSPS) is 10.0. The van der Waals surface area contributed by atoms with E-state index in [0.29, 0.717) is 19.5 Å². The first-order valence-electron chi connectivity index (χ1n) is 5.41. The monoisotopic (exact) mass is 297 g/mol. The highest BCUT2D eigenvalue weighted by atomic mass is 79.9. The van der Waals surface area contributed by atoms with Gasteiger partial charge in [-0.25, -0.2) is 0 Å². The summed E-state index contributed by atoms with van der Waals surface area (Å²) in [5.41, 5.74) is 0.955. The Morgan fingerprint density at radius 3 is 2.88 bits per heavy atom. The van der Waals surface area contributed by atoms with Crippen LogP contribution in [0.2, 0.25) is 0 Å².